The van der Waals surface area contributed by atoms with E-state index in [2.05, 4.69) is 4.90 Å². The van der Waals surface area contributed by atoms with Gasteiger partial charge in [-0.05, 0) is 19.8 Å². The largest absolute Gasteiger partial charge is 0.350 e. The van der Waals surface area contributed by atoms with Gasteiger partial charge in [0.05, 0.1) is 13.2 Å². The van der Waals surface area contributed by atoms with E-state index in [-0.39, 0.29) is 12.3 Å². The van der Waals surface area contributed by atoms with Crippen molar-refractivity contribution in [2.75, 3.05) is 52.5 Å². The van der Waals surface area contributed by atoms with Gasteiger partial charge in [-0.25, -0.2) is 0 Å². The molecule has 0 spiro atoms. The first-order valence-electron chi connectivity index (χ1n) is 8.80. The molecule has 3 saturated heterocycles. The van der Waals surface area contributed by atoms with Crippen LogP contribution in [-0.4, -0.2) is 86.7 Å². The summed E-state index contributed by atoms with van der Waals surface area (Å²) in [5.41, 5.74) is 0. The number of ether oxygens (including phenoxy) is 2. The zero-order valence-electron chi connectivity index (χ0n) is 14.0. The van der Waals surface area contributed by atoms with Crippen LogP contribution in [-0.2, 0) is 19.7 Å². The van der Waals surface area contributed by atoms with E-state index in [1.807, 2.05) is 6.92 Å². The molecule has 1 atom stereocenters. The standard InChI is InChI=1S/C15H29N3O4S/c1-14-4-2-3-6-18(14)23(19,20)17-10-8-16(9-11-17)7-5-15-21-12-13-22-15/h14-15H,2-13H2,1H3. The fourth-order valence-corrected chi connectivity index (χ4v) is 5.45. The molecule has 3 rings (SSSR count). The van der Waals surface area contributed by atoms with Gasteiger partial charge >= 0.3 is 0 Å². The van der Waals surface area contributed by atoms with Crippen LogP contribution in [0.4, 0.5) is 0 Å². The molecule has 0 N–H and O–H groups in total. The van der Waals surface area contributed by atoms with Gasteiger partial charge in [0.25, 0.3) is 10.2 Å². The lowest BCUT2D eigenvalue weighted by Crippen LogP contribution is -2.55. The predicted molar refractivity (Wildman–Crippen MR) is 87.3 cm³/mol. The summed E-state index contributed by atoms with van der Waals surface area (Å²) >= 11 is 0. The summed E-state index contributed by atoms with van der Waals surface area (Å²) in [6.07, 6.45) is 3.86. The minimum Gasteiger partial charge on any atom is -0.350 e. The third-order valence-corrected chi connectivity index (χ3v) is 7.22. The van der Waals surface area contributed by atoms with E-state index in [1.165, 1.54) is 0 Å². The fourth-order valence-electron chi connectivity index (χ4n) is 3.61. The maximum atomic E-state index is 12.8. The Labute approximate surface area is 139 Å². The van der Waals surface area contributed by atoms with Gasteiger partial charge in [0.15, 0.2) is 6.29 Å². The molecular weight excluding hydrogens is 318 g/mol. The van der Waals surface area contributed by atoms with Gasteiger partial charge in [0.2, 0.25) is 0 Å². The Hall–Kier alpha value is -0.250. The lowest BCUT2D eigenvalue weighted by Gasteiger charge is -2.40. The van der Waals surface area contributed by atoms with Crippen molar-refractivity contribution in [3.8, 4) is 0 Å². The number of hydrogen-bond donors (Lipinski definition) is 0. The quantitative estimate of drug-likeness (QED) is 0.724. The van der Waals surface area contributed by atoms with E-state index < -0.39 is 10.2 Å². The van der Waals surface area contributed by atoms with Gasteiger partial charge in [0, 0.05) is 51.7 Å². The summed E-state index contributed by atoms with van der Waals surface area (Å²) in [7, 11) is -3.30. The first-order valence-corrected chi connectivity index (χ1v) is 10.2. The van der Waals surface area contributed by atoms with Crippen LogP contribution in [0.5, 0.6) is 0 Å². The van der Waals surface area contributed by atoms with Crippen LogP contribution in [0.15, 0.2) is 0 Å². The van der Waals surface area contributed by atoms with Gasteiger partial charge in [0.1, 0.15) is 0 Å². The molecule has 3 aliphatic rings. The van der Waals surface area contributed by atoms with Crippen LogP contribution in [0.1, 0.15) is 32.6 Å². The van der Waals surface area contributed by atoms with Gasteiger partial charge < -0.3 is 14.4 Å². The maximum absolute atomic E-state index is 12.8. The zero-order chi connectivity index (χ0) is 16.3. The average molecular weight is 347 g/mol. The minimum atomic E-state index is -3.30. The first kappa shape index (κ1) is 17.6. The molecule has 0 saturated carbocycles. The van der Waals surface area contributed by atoms with Gasteiger partial charge in [-0.3, -0.25) is 0 Å². The SMILES string of the molecule is CC1CCCCN1S(=O)(=O)N1CCN(CCC2OCCO2)CC1. The summed E-state index contributed by atoms with van der Waals surface area (Å²) in [6, 6.07) is 0.128. The molecule has 0 bridgehead atoms. The van der Waals surface area contributed by atoms with E-state index in [1.54, 1.807) is 8.61 Å². The molecule has 7 nitrogen and oxygen atoms in total. The Morgan fingerprint density at radius 1 is 1.00 bits per heavy atom. The van der Waals surface area contributed by atoms with E-state index >= 15 is 0 Å². The highest BCUT2D eigenvalue weighted by molar-refractivity contribution is 7.86. The number of piperazine rings is 1. The van der Waals surface area contributed by atoms with Crippen LogP contribution in [0.2, 0.25) is 0 Å². The van der Waals surface area contributed by atoms with Crippen molar-refractivity contribution in [3.63, 3.8) is 0 Å². The highest BCUT2D eigenvalue weighted by Gasteiger charge is 2.36. The molecule has 3 heterocycles. The number of nitrogens with zero attached hydrogens (tertiary/aromatic N) is 3. The van der Waals surface area contributed by atoms with Crippen molar-refractivity contribution >= 4 is 10.2 Å². The lowest BCUT2D eigenvalue weighted by atomic mass is 10.1. The third kappa shape index (κ3) is 4.24. The van der Waals surface area contributed by atoms with Crippen molar-refractivity contribution in [3.05, 3.63) is 0 Å². The molecule has 0 aromatic carbocycles. The Balaban J connectivity index is 1.47. The molecule has 0 radical (unpaired) electrons. The summed E-state index contributed by atoms with van der Waals surface area (Å²) in [6.45, 7) is 7.70. The average Bonchev–Trinajstić information content (AvgIpc) is 3.07. The molecule has 3 fully saturated rings. The second-order valence-electron chi connectivity index (χ2n) is 6.66. The number of piperidine rings is 1. The number of hydrogen-bond acceptors (Lipinski definition) is 5. The summed E-state index contributed by atoms with van der Waals surface area (Å²) in [5, 5.41) is 0. The molecule has 134 valence electrons. The fraction of sp³-hybridized carbons (Fsp3) is 1.00. The van der Waals surface area contributed by atoms with E-state index in [4.69, 9.17) is 9.47 Å². The highest BCUT2D eigenvalue weighted by atomic mass is 32.2. The first-order chi connectivity index (χ1) is 11.1. The maximum Gasteiger partial charge on any atom is 0.282 e. The molecule has 1 unspecified atom stereocenters. The van der Waals surface area contributed by atoms with Crippen LogP contribution >= 0.6 is 0 Å². The molecule has 8 heteroatoms. The van der Waals surface area contributed by atoms with Gasteiger partial charge in [-0.15, -0.1) is 0 Å². The summed E-state index contributed by atoms with van der Waals surface area (Å²) < 4.78 is 39.9. The van der Waals surface area contributed by atoms with E-state index in [0.717, 1.165) is 45.3 Å². The normalized spacial score (nSPS) is 30.0. The van der Waals surface area contributed by atoms with Crippen LogP contribution < -0.4 is 0 Å². The third-order valence-electron chi connectivity index (χ3n) is 5.07. The second-order valence-corrected chi connectivity index (χ2v) is 8.54. The molecule has 23 heavy (non-hydrogen) atoms. The highest BCUT2D eigenvalue weighted by Crippen LogP contribution is 2.23. The van der Waals surface area contributed by atoms with E-state index in [0.29, 0.717) is 32.8 Å². The van der Waals surface area contributed by atoms with Gasteiger partial charge in [-0.1, -0.05) is 6.42 Å². The Morgan fingerprint density at radius 3 is 2.35 bits per heavy atom. The topological polar surface area (TPSA) is 62.3 Å². The Morgan fingerprint density at radius 2 is 1.70 bits per heavy atom. The molecule has 0 amide bonds. The summed E-state index contributed by atoms with van der Waals surface area (Å²) in [4.78, 5) is 2.30. The Bertz CT molecular complexity index is 473. The van der Waals surface area contributed by atoms with Crippen molar-refractivity contribution in [2.24, 2.45) is 0 Å². The van der Waals surface area contributed by atoms with Gasteiger partial charge in [-0.2, -0.15) is 17.0 Å². The second kappa shape index (κ2) is 7.76. The zero-order valence-corrected chi connectivity index (χ0v) is 14.8. The predicted octanol–water partition coefficient (Wildman–Crippen LogP) is 0.486. The van der Waals surface area contributed by atoms with Crippen molar-refractivity contribution in [1.29, 1.82) is 0 Å². The van der Waals surface area contributed by atoms with Crippen molar-refractivity contribution in [1.82, 2.24) is 13.5 Å². The molecule has 0 aromatic rings. The monoisotopic (exact) mass is 347 g/mol. The minimum absolute atomic E-state index is 0.0778. The Kier molecular flexibility index (Phi) is 5.92. The van der Waals surface area contributed by atoms with Crippen molar-refractivity contribution < 1.29 is 17.9 Å². The van der Waals surface area contributed by atoms with Crippen molar-refractivity contribution in [2.45, 2.75) is 44.9 Å². The van der Waals surface area contributed by atoms with Crippen LogP contribution in [0.25, 0.3) is 0 Å². The van der Waals surface area contributed by atoms with Crippen LogP contribution in [0.3, 0.4) is 0 Å². The lowest BCUT2D eigenvalue weighted by molar-refractivity contribution is -0.0525. The number of rotatable bonds is 5. The molecule has 3 aliphatic heterocycles. The van der Waals surface area contributed by atoms with E-state index in [9.17, 15) is 8.42 Å². The molecule has 0 aliphatic carbocycles. The molecular formula is C15H29N3O4S. The summed E-state index contributed by atoms with van der Waals surface area (Å²) in [5.74, 6) is 0. The smallest absolute Gasteiger partial charge is 0.282 e. The molecule has 0 aromatic heterocycles. The van der Waals surface area contributed by atoms with Crippen LogP contribution in [0, 0.1) is 0 Å².